The quantitative estimate of drug-likeness (QED) is 0.589. The molecule has 0 saturated carbocycles. The van der Waals surface area contributed by atoms with E-state index in [2.05, 4.69) is 0 Å². The molecule has 2 aromatic rings. The summed E-state index contributed by atoms with van der Waals surface area (Å²) in [6, 6.07) is 3.73. The van der Waals surface area contributed by atoms with E-state index in [0.717, 1.165) is 24.3 Å². The number of hydrogen-bond donors (Lipinski definition) is 4. The van der Waals surface area contributed by atoms with Crippen LogP contribution in [0.1, 0.15) is 0 Å². The Kier molecular flexibility index (Phi) is 2.70. The van der Waals surface area contributed by atoms with Gasteiger partial charge in [-0.3, -0.25) is 0 Å². The predicted molar refractivity (Wildman–Crippen MR) is 58.5 cm³/mol. The summed E-state index contributed by atoms with van der Waals surface area (Å²) in [6.45, 7) is 0. The van der Waals surface area contributed by atoms with Crippen LogP contribution in [-0.4, -0.2) is 20.4 Å². The third-order valence-electron chi connectivity index (χ3n) is 2.42. The molecule has 0 fully saturated rings. The van der Waals surface area contributed by atoms with Crippen molar-refractivity contribution < 1.29 is 29.2 Å². The first-order valence-corrected chi connectivity index (χ1v) is 4.83. The lowest BCUT2D eigenvalue weighted by atomic mass is 10.0. The zero-order chi connectivity index (χ0) is 13.4. The van der Waals surface area contributed by atoms with E-state index in [-0.39, 0.29) is 11.1 Å². The Morgan fingerprint density at radius 2 is 0.944 bits per heavy atom. The number of phenolic OH excluding ortho intramolecular Hbond substituents is 4. The molecule has 0 spiro atoms. The first-order chi connectivity index (χ1) is 8.40. The summed E-state index contributed by atoms with van der Waals surface area (Å²) >= 11 is 0. The van der Waals surface area contributed by atoms with Crippen molar-refractivity contribution in [1.82, 2.24) is 0 Å². The van der Waals surface area contributed by atoms with Gasteiger partial charge in [0.2, 0.25) is 0 Å². The van der Waals surface area contributed by atoms with E-state index in [9.17, 15) is 19.0 Å². The van der Waals surface area contributed by atoms with Crippen molar-refractivity contribution in [3.63, 3.8) is 0 Å². The normalized spacial score (nSPS) is 10.6. The highest BCUT2D eigenvalue weighted by atomic mass is 19.1. The second-order valence-corrected chi connectivity index (χ2v) is 3.65. The number of hydrogen-bond acceptors (Lipinski definition) is 4. The molecule has 0 amide bonds. The molecule has 0 unspecified atom stereocenters. The highest BCUT2D eigenvalue weighted by Gasteiger charge is 2.14. The highest BCUT2D eigenvalue weighted by Crippen LogP contribution is 2.37. The van der Waals surface area contributed by atoms with Crippen LogP contribution in [0.3, 0.4) is 0 Å². The summed E-state index contributed by atoms with van der Waals surface area (Å²) in [5, 5.41) is 36.6. The van der Waals surface area contributed by atoms with Crippen LogP contribution < -0.4 is 0 Å². The zero-order valence-corrected chi connectivity index (χ0v) is 8.85. The summed E-state index contributed by atoms with van der Waals surface area (Å²) < 4.78 is 26.4. The lowest BCUT2D eigenvalue weighted by Gasteiger charge is -2.07. The van der Waals surface area contributed by atoms with Gasteiger partial charge in [-0.1, -0.05) is 0 Å². The van der Waals surface area contributed by atoms with Crippen molar-refractivity contribution in [3.8, 4) is 34.1 Å². The van der Waals surface area contributed by atoms with Gasteiger partial charge in [-0.2, -0.15) is 0 Å². The van der Waals surface area contributed by atoms with Gasteiger partial charge in [-0.25, -0.2) is 8.78 Å². The van der Waals surface area contributed by atoms with Crippen LogP contribution in [0.15, 0.2) is 24.3 Å². The van der Waals surface area contributed by atoms with Crippen LogP contribution in [0, 0.1) is 11.6 Å². The Morgan fingerprint density at radius 3 is 1.22 bits per heavy atom. The first kappa shape index (κ1) is 12.0. The van der Waals surface area contributed by atoms with Crippen molar-refractivity contribution in [3.05, 3.63) is 35.9 Å². The molecular formula is C12H8F2O4. The molecular weight excluding hydrogens is 246 g/mol. The van der Waals surface area contributed by atoms with Gasteiger partial charge in [0.05, 0.1) is 0 Å². The Hall–Kier alpha value is -2.50. The van der Waals surface area contributed by atoms with E-state index in [0.29, 0.717) is 0 Å². The minimum absolute atomic E-state index is 0.0389. The molecule has 2 aromatic carbocycles. The highest BCUT2D eigenvalue weighted by molar-refractivity contribution is 5.70. The molecule has 4 N–H and O–H groups in total. The molecule has 0 radical (unpaired) electrons. The molecule has 0 aliphatic carbocycles. The minimum atomic E-state index is -1.09. The average molecular weight is 254 g/mol. The fourth-order valence-electron chi connectivity index (χ4n) is 1.50. The summed E-state index contributed by atoms with van der Waals surface area (Å²) in [4.78, 5) is 0. The summed E-state index contributed by atoms with van der Waals surface area (Å²) in [7, 11) is 0. The molecule has 0 aromatic heterocycles. The fraction of sp³-hybridized carbons (Fsp3) is 0. The maximum atomic E-state index is 13.2. The smallest absolute Gasteiger partial charge is 0.194 e. The second-order valence-electron chi connectivity index (χ2n) is 3.65. The van der Waals surface area contributed by atoms with Crippen LogP contribution in [-0.2, 0) is 0 Å². The van der Waals surface area contributed by atoms with E-state index in [1.54, 1.807) is 0 Å². The second kappa shape index (κ2) is 4.06. The summed E-state index contributed by atoms with van der Waals surface area (Å²) in [6.07, 6.45) is 0. The van der Waals surface area contributed by atoms with E-state index in [4.69, 9.17) is 10.2 Å². The fourth-order valence-corrected chi connectivity index (χ4v) is 1.50. The van der Waals surface area contributed by atoms with Crippen LogP contribution in [0.5, 0.6) is 23.0 Å². The van der Waals surface area contributed by atoms with Gasteiger partial charge in [0.25, 0.3) is 0 Å². The Bertz CT molecular complexity index is 524. The van der Waals surface area contributed by atoms with Crippen molar-refractivity contribution in [2.24, 2.45) is 0 Å². The molecule has 0 bridgehead atoms. The Balaban J connectivity index is 2.63. The van der Waals surface area contributed by atoms with Gasteiger partial charge in [0.1, 0.15) is 0 Å². The minimum Gasteiger partial charge on any atom is -0.504 e. The van der Waals surface area contributed by atoms with Crippen LogP contribution in [0.2, 0.25) is 0 Å². The standard InChI is InChI=1S/C12H8F2O4/c13-7-1-5(3-9(15)11(7)17)6-2-8(14)12(18)10(16)4-6/h1-4,15-18H. The Morgan fingerprint density at radius 1 is 0.611 bits per heavy atom. The van der Waals surface area contributed by atoms with E-state index >= 15 is 0 Å². The molecule has 0 heterocycles. The van der Waals surface area contributed by atoms with Crippen LogP contribution in [0.4, 0.5) is 8.78 Å². The maximum Gasteiger partial charge on any atom is 0.194 e. The van der Waals surface area contributed by atoms with Gasteiger partial charge < -0.3 is 20.4 Å². The molecule has 2 rings (SSSR count). The van der Waals surface area contributed by atoms with Gasteiger partial charge >= 0.3 is 0 Å². The number of rotatable bonds is 1. The lowest BCUT2D eigenvalue weighted by molar-refractivity contribution is 0.378. The number of benzene rings is 2. The molecule has 18 heavy (non-hydrogen) atoms. The molecule has 6 heteroatoms. The van der Waals surface area contributed by atoms with Crippen molar-refractivity contribution in [1.29, 1.82) is 0 Å². The average Bonchev–Trinajstić information content (AvgIpc) is 2.31. The van der Waals surface area contributed by atoms with Gasteiger partial charge in [0.15, 0.2) is 34.6 Å². The number of phenols is 4. The first-order valence-electron chi connectivity index (χ1n) is 4.83. The molecule has 4 nitrogen and oxygen atoms in total. The predicted octanol–water partition coefficient (Wildman–Crippen LogP) is 2.45. The zero-order valence-electron chi connectivity index (χ0n) is 8.85. The Labute approximate surface area is 100.0 Å². The number of aromatic hydroxyl groups is 4. The molecule has 94 valence electrons. The molecule has 0 aliphatic heterocycles. The van der Waals surface area contributed by atoms with Crippen molar-refractivity contribution in [2.75, 3.05) is 0 Å². The lowest BCUT2D eigenvalue weighted by Crippen LogP contribution is -1.85. The monoisotopic (exact) mass is 254 g/mol. The van der Waals surface area contributed by atoms with Gasteiger partial charge in [0, 0.05) is 0 Å². The molecule has 0 aliphatic rings. The topological polar surface area (TPSA) is 80.9 Å². The summed E-state index contributed by atoms with van der Waals surface area (Å²) in [5.74, 6) is -5.42. The number of halogens is 2. The molecule has 0 saturated heterocycles. The van der Waals surface area contributed by atoms with Crippen molar-refractivity contribution in [2.45, 2.75) is 0 Å². The van der Waals surface area contributed by atoms with Crippen LogP contribution in [0.25, 0.3) is 11.1 Å². The van der Waals surface area contributed by atoms with Crippen LogP contribution >= 0.6 is 0 Å². The van der Waals surface area contributed by atoms with Gasteiger partial charge in [-0.15, -0.1) is 0 Å². The SMILES string of the molecule is Oc1cc(-c2cc(O)c(O)c(F)c2)cc(F)c1O. The largest absolute Gasteiger partial charge is 0.504 e. The third-order valence-corrected chi connectivity index (χ3v) is 2.42. The molecule has 0 atom stereocenters. The summed E-state index contributed by atoms with van der Waals surface area (Å²) in [5.41, 5.74) is 0.0778. The van der Waals surface area contributed by atoms with E-state index in [1.807, 2.05) is 0 Å². The maximum absolute atomic E-state index is 13.2. The van der Waals surface area contributed by atoms with E-state index in [1.165, 1.54) is 0 Å². The third kappa shape index (κ3) is 1.88. The van der Waals surface area contributed by atoms with E-state index < -0.39 is 34.6 Å². The van der Waals surface area contributed by atoms with Crippen molar-refractivity contribution >= 4 is 0 Å². The van der Waals surface area contributed by atoms with Gasteiger partial charge in [-0.05, 0) is 35.4 Å².